The summed E-state index contributed by atoms with van der Waals surface area (Å²) in [7, 11) is 0. The van der Waals surface area contributed by atoms with Crippen molar-refractivity contribution in [3.8, 4) is 0 Å². The summed E-state index contributed by atoms with van der Waals surface area (Å²) in [5.41, 5.74) is 2.26. The summed E-state index contributed by atoms with van der Waals surface area (Å²) in [6.07, 6.45) is 0. The zero-order valence-corrected chi connectivity index (χ0v) is 19.1. The lowest BCUT2D eigenvalue weighted by Gasteiger charge is -2.15. The highest BCUT2D eigenvalue weighted by molar-refractivity contribution is 7.15. The molecule has 0 fully saturated rings. The normalized spacial score (nSPS) is 13.5. The Morgan fingerprint density at radius 3 is 2.14 bits per heavy atom. The zero-order valence-electron chi connectivity index (χ0n) is 18.3. The summed E-state index contributed by atoms with van der Waals surface area (Å²) in [6, 6.07) is 0. The van der Waals surface area contributed by atoms with E-state index in [2.05, 4.69) is 87.3 Å². The van der Waals surface area contributed by atoms with E-state index in [1.807, 2.05) is 0 Å². The van der Waals surface area contributed by atoms with Gasteiger partial charge in [0.05, 0.1) is 5.69 Å². The number of rotatable bonds is 4. The van der Waals surface area contributed by atoms with Gasteiger partial charge in [-0.15, -0.1) is 30.2 Å². The van der Waals surface area contributed by atoms with Gasteiger partial charge < -0.3 is 4.57 Å². The van der Waals surface area contributed by atoms with Crippen LogP contribution in [-0.4, -0.2) is 29.6 Å². The standard InChI is InChI=1S/C19H30N8S/c1-10-26-14(11(2)3)25-27-15(26)12(13(24-27)18(4,5)6)20-22-17-23-21-16(28-17)19(7,8)9/h11H,10H2,1-9H3/b22-20-. The molecule has 0 N–H and O–H groups in total. The summed E-state index contributed by atoms with van der Waals surface area (Å²) in [4.78, 5) is 0. The Morgan fingerprint density at radius 1 is 0.964 bits per heavy atom. The third-order valence-electron chi connectivity index (χ3n) is 4.38. The fourth-order valence-electron chi connectivity index (χ4n) is 2.94. The van der Waals surface area contributed by atoms with Gasteiger partial charge in [0.2, 0.25) is 0 Å². The SMILES string of the molecule is CCn1c(C(C)C)nn2nc(C(C)(C)C)c(/N=N\c3nnc(C(C)(C)C)s3)c12. The van der Waals surface area contributed by atoms with Crippen molar-refractivity contribution in [2.45, 2.75) is 85.6 Å². The number of hydrogen-bond acceptors (Lipinski definition) is 7. The quantitative estimate of drug-likeness (QED) is 0.536. The molecule has 8 nitrogen and oxygen atoms in total. The Bertz CT molecular complexity index is 1010. The first kappa shape index (κ1) is 20.6. The van der Waals surface area contributed by atoms with Crippen molar-refractivity contribution in [3.63, 3.8) is 0 Å². The minimum absolute atomic E-state index is 0.0556. The van der Waals surface area contributed by atoms with Crippen LogP contribution in [0.2, 0.25) is 0 Å². The van der Waals surface area contributed by atoms with Crippen molar-refractivity contribution in [1.82, 2.24) is 29.6 Å². The van der Waals surface area contributed by atoms with E-state index in [-0.39, 0.29) is 10.8 Å². The van der Waals surface area contributed by atoms with E-state index < -0.39 is 0 Å². The highest BCUT2D eigenvalue weighted by Gasteiger charge is 2.29. The Morgan fingerprint density at radius 2 is 1.64 bits per heavy atom. The third-order valence-corrected chi connectivity index (χ3v) is 5.62. The largest absolute Gasteiger partial charge is 0.310 e. The molecule has 0 amide bonds. The predicted molar refractivity (Wildman–Crippen MR) is 112 cm³/mol. The molecule has 3 aromatic rings. The lowest BCUT2D eigenvalue weighted by atomic mass is 9.91. The van der Waals surface area contributed by atoms with Gasteiger partial charge in [0.1, 0.15) is 10.8 Å². The fourth-order valence-corrected chi connectivity index (χ4v) is 3.67. The van der Waals surface area contributed by atoms with Crippen LogP contribution >= 0.6 is 11.3 Å². The Balaban J connectivity index is 2.15. The molecule has 152 valence electrons. The van der Waals surface area contributed by atoms with Crippen LogP contribution in [0.1, 0.15) is 84.8 Å². The average Bonchev–Trinajstić information content (AvgIpc) is 3.24. The molecule has 3 heterocycles. The van der Waals surface area contributed by atoms with Crippen LogP contribution in [-0.2, 0) is 17.4 Å². The van der Waals surface area contributed by atoms with Gasteiger partial charge in [-0.3, -0.25) is 0 Å². The maximum absolute atomic E-state index is 4.75. The van der Waals surface area contributed by atoms with Crippen molar-refractivity contribution in [1.29, 1.82) is 0 Å². The number of azo groups is 1. The zero-order chi connectivity index (χ0) is 20.9. The number of fused-ring (bicyclic) bond motifs is 1. The van der Waals surface area contributed by atoms with Crippen LogP contribution in [0.5, 0.6) is 0 Å². The second-order valence-corrected chi connectivity index (χ2v) is 10.3. The minimum atomic E-state index is -0.184. The second kappa shape index (κ2) is 7.02. The molecular weight excluding hydrogens is 372 g/mol. The van der Waals surface area contributed by atoms with Crippen LogP contribution in [0.4, 0.5) is 10.8 Å². The van der Waals surface area contributed by atoms with E-state index in [1.54, 1.807) is 4.63 Å². The fraction of sp³-hybridized carbons (Fsp3) is 0.684. The van der Waals surface area contributed by atoms with Crippen LogP contribution in [0, 0.1) is 0 Å². The van der Waals surface area contributed by atoms with Crippen molar-refractivity contribution >= 4 is 27.8 Å². The second-order valence-electron chi connectivity index (χ2n) is 9.36. The molecular formula is C19H30N8S. The molecule has 0 aliphatic rings. The molecule has 0 saturated heterocycles. The van der Waals surface area contributed by atoms with Gasteiger partial charge in [0.15, 0.2) is 11.3 Å². The molecule has 3 rings (SSSR count). The van der Waals surface area contributed by atoms with Gasteiger partial charge in [0.25, 0.3) is 5.13 Å². The van der Waals surface area contributed by atoms with E-state index in [0.29, 0.717) is 11.0 Å². The number of aromatic nitrogens is 6. The molecule has 0 saturated carbocycles. The van der Waals surface area contributed by atoms with Gasteiger partial charge >= 0.3 is 0 Å². The van der Waals surface area contributed by atoms with Crippen LogP contribution in [0.15, 0.2) is 10.2 Å². The highest BCUT2D eigenvalue weighted by atomic mass is 32.1. The smallest absolute Gasteiger partial charge is 0.251 e. The lowest BCUT2D eigenvalue weighted by Crippen LogP contribution is -2.13. The van der Waals surface area contributed by atoms with Crippen molar-refractivity contribution in [3.05, 3.63) is 16.5 Å². The maximum atomic E-state index is 4.75. The minimum Gasteiger partial charge on any atom is -0.310 e. The van der Waals surface area contributed by atoms with Crippen LogP contribution in [0.3, 0.4) is 0 Å². The maximum Gasteiger partial charge on any atom is 0.251 e. The molecule has 0 radical (unpaired) electrons. The molecule has 0 aliphatic carbocycles. The van der Waals surface area contributed by atoms with E-state index in [1.165, 1.54) is 11.3 Å². The first-order valence-electron chi connectivity index (χ1n) is 9.69. The Kier molecular flexibility index (Phi) is 5.16. The summed E-state index contributed by atoms with van der Waals surface area (Å²) >= 11 is 1.47. The van der Waals surface area contributed by atoms with Crippen molar-refractivity contribution < 1.29 is 0 Å². The first-order chi connectivity index (χ1) is 12.9. The molecule has 0 spiro atoms. The number of nitrogens with zero attached hydrogens (tertiary/aromatic N) is 8. The molecule has 0 unspecified atom stereocenters. The average molecular weight is 403 g/mol. The topological polar surface area (TPSA) is 85.6 Å². The molecule has 0 atom stereocenters. The molecule has 3 aromatic heterocycles. The number of aryl methyl sites for hydroxylation is 1. The molecule has 9 heteroatoms. The first-order valence-corrected chi connectivity index (χ1v) is 10.5. The van der Waals surface area contributed by atoms with E-state index >= 15 is 0 Å². The summed E-state index contributed by atoms with van der Waals surface area (Å²) in [5.74, 6) is 1.29. The van der Waals surface area contributed by atoms with E-state index in [9.17, 15) is 0 Å². The van der Waals surface area contributed by atoms with E-state index in [4.69, 9.17) is 10.2 Å². The predicted octanol–water partition coefficient (Wildman–Crippen LogP) is 5.54. The van der Waals surface area contributed by atoms with Gasteiger partial charge in [0, 0.05) is 23.3 Å². The van der Waals surface area contributed by atoms with E-state index in [0.717, 1.165) is 34.4 Å². The summed E-state index contributed by atoms with van der Waals surface area (Å²) in [6.45, 7) is 19.9. The monoisotopic (exact) mass is 402 g/mol. The third kappa shape index (κ3) is 3.72. The Labute approximate surface area is 170 Å². The van der Waals surface area contributed by atoms with Gasteiger partial charge in [-0.1, -0.05) is 66.7 Å². The van der Waals surface area contributed by atoms with Gasteiger partial charge in [-0.2, -0.15) is 5.10 Å². The Hall–Kier alpha value is -2.16. The summed E-state index contributed by atoms with van der Waals surface area (Å²) < 4.78 is 3.87. The van der Waals surface area contributed by atoms with Gasteiger partial charge in [-0.05, 0) is 6.92 Å². The lowest BCUT2D eigenvalue weighted by molar-refractivity contribution is 0.554. The number of hydrogen-bond donors (Lipinski definition) is 0. The molecule has 28 heavy (non-hydrogen) atoms. The van der Waals surface area contributed by atoms with Crippen molar-refractivity contribution in [2.24, 2.45) is 10.2 Å². The van der Waals surface area contributed by atoms with Crippen molar-refractivity contribution in [2.75, 3.05) is 0 Å². The van der Waals surface area contributed by atoms with Crippen LogP contribution in [0.25, 0.3) is 5.65 Å². The van der Waals surface area contributed by atoms with Crippen LogP contribution < -0.4 is 0 Å². The molecule has 0 bridgehead atoms. The molecule has 0 aliphatic heterocycles. The highest BCUT2D eigenvalue weighted by Crippen LogP contribution is 2.37. The molecule has 0 aromatic carbocycles. The van der Waals surface area contributed by atoms with Gasteiger partial charge in [-0.25, -0.2) is 0 Å². The summed E-state index contributed by atoms with van der Waals surface area (Å²) in [5, 5.41) is 28.4.